The van der Waals surface area contributed by atoms with Crippen molar-refractivity contribution in [2.75, 3.05) is 7.05 Å². The number of alkyl halides is 3. The predicted octanol–water partition coefficient (Wildman–Crippen LogP) is 4.77. The summed E-state index contributed by atoms with van der Waals surface area (Å²) in [4.78, 5) is 0. The van der Waals surface area contributed by atoms with Gasteiger partial charge in [-0.1, -0.05) is 26.2 Å². The summed E-state index contributed by atoms with van der Waals surface area (Å²) in [5.41, 5.74) is 0. The summed E-state index contributed by atoms with van der Waals surface area (Å²) in [5.74, 6) is 0.504. The summed E-state index contributed by atoms with van der Waals surface area (Å²) in [6.45, 7) is 2.28. The molecule has 0 amide bonds. The second kappa shape index (κ2) is 6.67. The third kappa shape index (κ3) is 3.90. The van der Waals surface area contributed by atoms with Gasteiger partial charge in [0.25, 0.3) is 0 Å². The molecule has 0 bridgehead atoms. The molecule has 1 N–H and O–H groups in total. The van der Waals surface area contributed by atoms with Crippen molar-refractivity contribution in [3.8, 4) is 0 Å². The molecule has 0 spiro atoms. The molecule has 2 fully saturated rings. The maximum Gasteiger partial charge on any atom is 0.391 e. The highest BCUT2D eigenvalue weighted by atomic mass is 19.4. The van der Waals surface area contributed by atoms with Crippen LogP contribution in [0.5, 0.6) is 0 Å². The van der Waals surface area contributed by atoms with E-state index in [9.17, 15) is 13.2 Å². The first-order valence-corrected chi connectivity index (χ1v) is 8.15. The monoisotopic (exact) mass is 291 g/mol. The normalized spacial score (nSPS) is 37.6. The average molecular weight is 291 g/mol. The highest BCUT2D eigenvalue weighted by Crippen LogP contribution is 2.43. The summed E-state index contributed by atoms with van der Waals surface area (Å²) >= 11 is 0. The second-order valence-electron chi connectivity index (χ2n) is 7.00. The number of rotatable bonds is 3. The first-order chi connectivity index (χ1) is 9.41. The summed E-state index contributed by atoms with van der Waals surface area (Å²) in [6, 6.07) is 0.285. The number of halogens is 3. The minimum absolute atomic E-state index is 0.207. The number of hydrogen-bond donors (Lipinski definition) is 1. The fraction of sp³-hybridized carbons (Fsp3) is 1.00. The van der Waals surface area contributed by atoms with E-state index in [1.54, 1.807) is 0 Å². The third-order valence-electron chi connectivity index (χ3n) is 5.59. The minimum Gasteiger partial charge on any atom is -0.316 e. The molecule has 0 aromatic heterocycles. The van der Waals surface area contributed by atoms with Crippen LogP contribution in [0.3, 0.4) is 0 Å². The molecule has 118 valence electrons. The Bertz CT molecular complexity index is 295. The van der Waals surface area contributed by atoms with Gasteiger partial charge < -0.3 is 5.32 Å². The fourth-order valence-electron chi connectivity index (χ4n) is 4.35. The van der Waals surface area contributed by atoms with Crippen LogP contribution in [0.4, 0.5) is 13.2 Å². The summed E-state index contributed by atoms with van der Waals surface area (Å²) < 4.78 is 38.9. The van der Waals surface area contributed by atoms with Gasteiger partial charge >= 0.3 is 6.18 Å². The zero-order chi connectivity index (χ0) is 14.8. The van der Waals surface area contributed by atoms with Gasteiger partial charge in [-0.3, -0.25) is 0 Å². The summed E-state index contributed by atoms with van der Waals surface area (Å²) in [5, 5.41) is 3.36. The van der Waals surface area contributed by atoms with Crippen molar-refractivity contribution >= 4 is 0 Å². The van der Waals surface area contributed by atoms with Crippen molar-refractivity contribution in [1.29, 1.82) is 0 Å². The van der Waals surface area contributed by atoms with Crippen molar-refractivity contribution in [2.24, 2.45) is 23.7 Å². The minimum atomic E-state index is -4.00. The molecule has 0 saturated heterocycles. The van der Waals surface area contributed by atoms with Crippen LogP contribution in [0.15, 0.2) is 0 Å². The van der Waals surface area contributed by atoms with Crippen LogP contribution in [-0.2, 0) is 0 Å². The van der Waals surface area contributed by atoms with Crippen molar-refractivity contribution in [3.05, 3.63) is 0 Å². The highest BCUT2D eigenvalue weighted by molar-refractivity contribution is 4.89. The van der Waals surface area contributed by atoms with E-state index in [4.69, 9.17) is 0 Å². The molecule has 0 aromatic carbocycles. The molecule has 3 atom stereocenters. The van der Waals surface area contributed by atoms with E-state index in [2.05, 4.69) is 12.2 Å². The molecule has 0 heterocycles. The average Bonchev–Trinajstić information content (AvgIpc) is 2.41. The number of nitrogens with one attached hydrogen (secondary N) is 1. The third-order valence-corrected chi connectivity index (χ3v) is 5.59. The molecule has 2 saturated carbocycles. The lowest BCUT2D eigenvalue weighted by Crippen LogP contribution is -2.44. The largest absolute Gasteiger partial charge is 0.391 e. The van der Waals surface area contributed by atoms with Crippen molar-refractivity contribution in [3.63, 3.8) is 0 Å². The van der Waals surface area contributed by atoms with Gasteiger partial charge in [0, 0.05) is 6.04 Å². The van der Waals surface area contributed by atoms with E-state index in [0.29, 0.717) is 18.8 Å². The Kier molecular flexibility index (Phi) is 5.38. The van der Waals surface area contributed by atoms with Crippen LogP contribution in [0.25, 0.3) is 0 Å². The predicted molar refractivity (Wildman–Crippen MR) is 75.5 cm³/mol. The summed E-state index contributed by atoms with van der Waals surface area (Å²) in [7, 11) is 1.93. The first-order valence-electron chi connectivity index (χ1n) is 8.15. The molecule has 0 aromatic rings. The van der Waals surface area contributed by atoms with Gasteiger partial charge in [-0.2, -0.15) is 13.2 Å². The molecule has 3 unspecified atom stereocenters. The van der Waals surface area contributed by atoms with Gasteiger partial charge in [-0.05, 0) is 56.9 Å². The zero-order valence-electron chi connectivity index (χ0n) is 12.7. The molecular formula is C16H28F3N. The second-order valence-corrected chi connectivity index (χ2v) is 7.00. The quantitative estimate of drug-likeness (QED) is 0.790. The van der Waals surface area contributed by atoms with Gasteiger partial charge in [0.1, 0.15) is 0 Å². The van der Waals surface area contributed by atoms with Crippen molar-refractivity contribution < 1.29 is 13.2 Å². The topological polar surface area (TPSA) is 12.0 Å². The van der Waals surface area contributed by atoms with Crippen LogP contribution >= 0.6 is 0 Å². The smallest absolute Gasteiger partial charge is 0.316 e. The van der Waals surface area contributed by atoms with Crippen LogP contribution in [0.2, 0.25) is 0 Å². The van der Waals surface area contributed by atoms with E-state index in [1.807, 2.05) is 7.05 Å². The molecule has 20 heavy (non-hydrogen) atoms. The SMILES string of the molecule is CNC(C1CCC(C)CC1)C1CCCC(C(F)(F)F)C1. The summed E-state index contributed by atoms with van der Waals surface area (Å²) in [6.07, 6.45) is 3.19. The maximum atomic E-state index is 13.0. The van der Waals surface area contributed by atoms with Crippen LogP contribution in [0.1, 0.15) is 58.3 Å². The fourth-order valence-corrected chi connectivity index (χ4v) is 4.35. The van der Waals surface area contributed by atoms with Crippen molar-refractivity contribution in [1.82, 2.24) is 5.32 Å². The van der Waals surface area contributed by atoms with Crippen LogP contribution < -0.4 is 5.32 Å². The van der Waals surface area contributed by atoms with E-state index < -0.39 is 12.1 Å². The zero-order valence-corrected chi connectivity index (χ0v) is 12.7. The molecule has 4 heteroatoms. The lowest BCUT2D eigenvalue weighted by atomic mass is 9.70. The Hall–Kier alpha value is -0.250. The lowest BCUT2D eigenvalue weighted by Gasteiger charge is -2.41. The molecule has 2 aliphatic carbocycles. The molecule has 0 radical (unpaired) electrons. The van der Waals surface area contributed by atoms with Gasteiger partial charge in [-0.15, -0.1) is 0 Å². The molecule has 2 rings (SSSR count). The molecule has 0 aliphatic heterocycles. The molecule has 2 aliphatic rings. The number of hydrogen-bond acceptors (Lipinski definition) is 1. The van der Waals surface area contributed by atoms with Crippen molar-refractivity contribution in [2.45, 2.75) is 70.5 Å². The van der Waals surface area contributed by atoms with Gasteiger partial charge in [0.05, 0.1) is 5.92 Å². The molecular weight excluding hydrogens is 263 g/mol. The van der Waals surface area contributed by atoms with Crippen LogP contribution in [0, 0.1) is 23.7 Å². The standard InChI is InChI=1S/C16H28F3N/c1-11-6-8-12(9-7-11)15(20-2)13-4-3-5-14(10-13)16(17,18)19/h11-15,20H,3-10H2,1-2H3. The Balaban J connectivity index is 1.96. The molecule has 1 nitrogen and oxygen atoms in total. The van der Waals surface area contributed by atoms with E-state index in [1.165, 1.54) is 25.7 Å². The maximum absolute atomic E-state index is 13.0. The first kappa shape index (κ1) is 16.1. The highest BCUT2D eigenvalue weighted by Gasteiger charge is 2.44. The van der Waals surface area contributed by atoms with E-state index in [-0.39, 0.29) is 12.0 Å². The van der Waals surface area contributed by atoms with Gasteiger partial charge in [0.15, 0.2) is 0 Å². The van der Waals surface area contributed by atoms with Gasteiger partial charge in [-0.25, -0.2) is 0 Å². The van der Waals surface area contributed by atoms with Crippen LogP contribution in [-0.4, -0.2) is 19.3 Å². The lowest BCUT2D eigenvalue weighted by molar-refractivity contribution is -0.187. The Morgan fingerprint density at radius 2 is 1.60 bits per heavy atom. The Morgan fingerprint density at radius 3 is 2.15 bits per heavy atom. The van der Waals surface area contributed by atoms with E-state index >= 15 is 0 Å². The van der Waals surface area contributed by atoms with Gasteiger partial charge in [0.2, 0.25) is 0 Å². The Labute approximate surface area is 120 Å². The Morgan fingerprint density at radius 1 is 0.950 bits per heavy atom. The van der Waals surface area contributed by atoms with E-state index in [0.717, 1.165) is 18.8 Å².